The van der Waals surface area contributed by atoms with Crippen molar-refractivity contribution in [3.8, 4) is 5.75 Å². The van der Waals surface area contributed by atoms with Gasteiger partial charge < -0.3 is 14.5 Å². The third-order valence-corrected chi connectivity index (χ3v) is 6.97. The van der Waals surface area contributed by atoms with E-state index >= 15 is 0 Å². The van der Waals surface area contributed by atoms with Crippen molar-refractivity contribution in [3.05, 3.63) is 58.4 Å². The number of methoxy groups -OCH3 is 1. The van der Waals surface area contributed by atoms with Crippen molar-refractivity contribution in [2.24, 2.45) is 0 Å². The average molecular weight is 437 g/mol. The number of anilines is 1. The van der Waals surface area contributed by atoms with Crippen molar-refractivity contribution >= 4 is 34.3 Å². The van der Waals surface area contributed by atoms with Crippen molar-refractivity contribution < 1.29 is 9.53 Å². The second-order valence-corrected chi connectivity index (χ2v) is 8.83. The third-order valence-electron chi connectivity index (χ3n) is 5.91. The van der Waals surface area contributed by atoms with Crippen LogP contribution in [0.15, 0.2) is 52.4 Å². The number of fused-ring (bicyclic) bond motifs is 2. The van der Waals surface area contributed by atoms with E-state index in [4.69, 9.17) is 4.74 Å². The number of piperazine rings is 1. The Kier molecular flexibility index (Phi) is 5.31. The standard InChI is InChI=1S/C23H24N4O3S/c1-30-18-5-2-4-17(15-18)25-9-11-26(12-10-25)21(28)16-6-7-19-20(14-16)24-23-27(22(19)29)8-3-13-31-23/h2,4-7,14-15H,3,8-13H2,1H3. The number of aromatic nitrogens is 2. The summed E-state index contributed by atoms with van der Waals surface area (Å²) in [4.78, 5) is 34.7. The lowest BCUT2D eigenvalue weighted by Gasteiger charge is -2.36. The second-order valence-electron chi connectivity index (χ2n) is 7.77. The summed E-state index contributed by atoms with van der Waals surface area (Å²) >= 11 is 1.60. The summed E-state index contributed by atoms with van der Waals surface area (Å²) in [5.41, 5.74) is 2.27. The van der Waals surface area contributed by atoms with Crippen molar-refractivity contribution in [2.75, 3.05) is 43.9 Å². The van der Waals surface area contributed by atoms with Crippen LogP contribution in [0.1, 0.15) is 16.8 Å². The second kappa shape index (κ2) is 8.26. The molecular weight excluding hydrogens is 412 g/mol. The number of nitrogens with zero attached hydrogens (tertiary/aromatic N) is 4. The molecule has 0 atom stereocenters. The Bertz CT molecular complexity index is 1200. The van der Waals surface area contributed by atoms with Gasteiger partial charge in [-0.1, -0.05) is 17.8 Å². The average Bonchev–Trinajstić information content (AvgIpc) is 2.83. The first-order chi connectivity index (χ1) is 15.1. The van der Waals surface area contributed by atoms with E-state index in [2.05, 4.69) is 16.0 Å². The van der Waals surface area contributed by atoms with E-state index in [1.165, 1.54) is 0 Å². The minimum Gasteiger partial charge on any atom is -0.497 e. The van der Waals surface area contributed by atoms with Crippen LogP contribution in [-0.2, 0) is 6.54 Å². The fraction of sp³-hybridized carbons (Fsp3) is 0.348. The van der Waals surface area contributed by atoms with E-state index in [0.717, 1.165) is 41.9 Å². The van der Waals surface area contributed by atoms with Crippen LogP contribution in [-0.4, -0.2) is 59.4 Å². The monoisotopic (exact) mass is 436 g/mol. The summed E-state index contributed by atoms with van der Waals surface area (Å²) in [6.45, 7) is 3.52. The summed E-state index contributed by atoms with van der Waals surface area (Å²) in [6.07, 6.45) is 0.975. The normalized spacial score (nSPS) is 16.3. The predicted molar refractivity (Wildman–Crippen MR) is 122 cm³/mol. The number of hydrogen-bond donors (Lipinski definition) is 0. The van der Waals surface area contributed by atoms with E-state index in [0.29, 0.717) is 36.1 Å². The molecular formula is C23H24N4O3S. The van der Waals surface area contributed by atoms with Crippen LogP contribution in [0.3, 0.4) is 0 Å². The molecule has 0 spiro atoms. The van der Waals surface area contributed by atoms with Gasteiger partial charge in [-0.2, -0.15) is 0 Å². The fourth-order valence-electron chi connectivity index (χ4n) is 4.18. The fourth-order valence-corrected chi connectivity index (χ4v) is 5.13. The molecule has 3 aromatic rings. The molecule has 0 N–H and O–H groups in total. The highest BCUT2D eigenvalue weighted by atomic mass is 32.2. The molecule has 0 bridgehead atoms. The predicted octanol–water partition coefficient (Wildman–Crippen LogP) is 2.86. The van der Waals surface area contributed by atoms with Crippen LogP contribution in [0.2, 0.25) is 0 Å². The lowest BCUT2D eigenvalue weighted by atomic mass is 10.1. The number of amides is 1. The Morgan fingerprint density at radius 1 is 1.06 bits per heavy atom. The summed E-state index contributed by atoms with van der Waals surface area (Å²) in [7, 11) is 1.66. The van der Waals surface area contributed by atoms with Crippen LogP contribution in [0.4, 0.5) is 5.69 Å². The van der Waals surface area contributed by atoms with Gasteiger partial charge in [0.2, 0.25) is 0 Å². The molecule has 5 rings (SSSR count). The molecule has 1 amide bonds. The Labute approximate surface area is 184 Å². The summed E-state index contributed by atoms with van der Waals surface area (Å²) < 4.78 is 7.06. The highest BCUT2D eigenvalue weighted by Gasteiger charge is 2.23. The Morgan fingerprint density at radius 2 is 1.90 bits per heavy atom. The van der Waals surface area contributed by atoms with Gasteiger partial charge in [0.15, 0.2) is 5.16 Å². The van der Waals surface area contributed by atoms with Gasteiger partial charge in [0.1, 0.15) is 5.75 Å². The maximum Gasteiger partial charge on any atom is 0.262 e. The van der Waals surface area contributed by atoms with Gasteiger partial charge in [-0.3, -0.25) is 14.2 Å². The molecule has 0 aliphatic carbocycles. The van der Waals surface area contributed by atoms with Crippen LogP contribution in [0, 0.1) is 0 Å². The Balaban J connectivity index is 1.34. The van der Waals surface area contributed by atoms with Crippen molar-refractivity contribution in [3.63, 3.8) is 0 Å². The van der Waals surface area contributed by atoms with Gasteiger partial charge in [-0.05, 0) is 36.8 Å². The maximum absolute atomic E-state index is 13.1. The van der Waals surface area contributed by atoms with Crippen molar-refractivity contribution in [1.82, 2.24) is 14.5 Å². The molecule has 0 unspecified atom stereocenters. The number of carbonyl (C=O) groups excluding carboxylic acids is 1. The maximum atomic E-state index is 13.1. The first-order valence-corrected chi connectivity index (χ1v) is 11.5. The van der Waals surface area contributed by atoms with Gasteiger partial charge >= 0.3 is 0 Å². The smallest absolute Gasteiger partial charge is 0.262 e. The Hall–Kier alpha value is -3.00. The first-order valence-electron chi connectivity index (χ1n) is 10.5. The third kappa shape index (κ3) is 3.76. The largest absolute Gasteiger partial charge is 0.497 e. The highest BCUT2D eigenvalue weighted by molar-refractivity contribution is 7.99. The zero-order chi connectivity index (χ0) is 21.4. The molecule has 7 nitrogen and oxygen atoms in total. The summed E-state index contributed by atoms with van der Waals surface area (Å²) in [5.74, 6) is 1.78. The molecule has 160 valence electrons. The molecule has 2 aliphatic rings. The molecule has 31 heavy (non-hydrogen) atoms. The van der Waals surface area contributed by atoms with Gasteiger partial charge in [-0.15, -0.1) is 0 Å². The summed E-state index contributed by atoms with van der Waals surface area (Å²) in [5, 5.41) is 1.32. The molecule has 3 heterocycles. The van der Waals surface area contributed by atoms with Gasteiger partial charge in [0.05, 0.1) is 18.0 Å². The molecule has 2 aliphatic heterocycles. The zero-order valence-electron chi connectivity index (χ0n) is 17.4. The minimum atomic E-state index is -0.0156. The topological polar surface area (TPSA) is 67.7 Å². The van der Waals surface area contributed by atoms with Crippen LogP contribution >= 0.6 is 11.8 Å². The van der Waals surface area contributed by atoms with Gasteiger partial charge in [0.25, 0.3) is 11.5 Å². The molecule has 1 saturated heterocycles. The lowest BCUT2D eigenvalue weighted by Crippen LogP contribution is -2.48. The quantitative estimate of drug-likeness (QED) is 0.588. The number of ether oxygens (including phenoxy) is 1. The molecule has 0 radical (unpaired) electrons. The van der Waals surface area contributed by atoms with Crippen molar-refractivity contribution in [1.29, 1.82) is 0 Å². The molecule has 1 aromatic heterocycles. The van der Waals surface area contributed by atoms with E-state index in [1.807, 2.05) is 23.1 Å². The van der Waals surface area contributed by atoms with E-state index in [1.54, 1.807) is 41.6 Å². The van der Waals surface area contributed by atoms with E-state index in [-0.39, 0.29) is 11.5 Å². The number of thioether (sulfide) groups is 1. The molecule has 2 aromatic carbocycles. The number of benzene rings is 2. The number of rotatable bonds is 3. The lowest BCUT2D eigenvalue weighted by molar-refractivity contribution is 0.0747. The molecule has 8 heteroatoms. The van der Waals surface area contributed by atoms with Gasteiger partial charge in [-0.25, -0.2) is 4.98 Å². The Morgan fingerprint density at radius 3 is 2.71 bits per heavy atom. The summed E-state index contributed by atoms with van der Waals surface area (Å²) in [6, 6.07) is 13.3. The number of hydrogen-bond acceptors (Lipinski definition) is 6. The van der Waals surface area contributed by atoms with Crippen LogP contribution < -0.4 is 15.2 Å². The van der Waals surface area contributed by atoms with E-state index in [9.17, 15) is 9.59 Å². The van der Waals surface area contributed by atoms with Crippen molar-refractivity contribution in [2.45, 2.75) is 18.1 Å². The number of carbonyl (C=O) groups is 1. The SMILES string of the molecule is COc1cccc(N2CCN(C(=O)c3ccc4c(=O)n5c(nc4c3)SCCC5)CC2)c1. The van der Waals surface area contributed by atoms with Gasteiger partial charge in [0, 0.05) is 55.8 Å². The molecule has 1 fully saturated rings. The first kappa shape index (κ1) is 19.9. The minimum absolute atomic E-state index is 0.0144. The zero-order valence-corrected chi connectivity index (χ0v) is 18.2. The van der Waals surface area contributed by atoms with E-state index < -0.39 is 0 Å². The van der Waals surface area contributed by atoms with Crippen LogP contribution in [0.5, 0.6) is 5.75 Å². The molecule has 0 saturated carbocycles. The van der Waals surface area contributed by atoms with Crippen LogP contribution in [0.25, 0.3) is 10.9 Å². The highest BCUT2D eigenvalue weighted by Crippen LogP contribution is 2.25.